The number of pyridine rings is 1. The summed E-state index contributed by atoms with van der Waals surface area (Å²) in [6.45, 7) is 6.78. The van der Waals surface area contributed by atoms with Gasteiger partial charge in [0.15, 0.2) is 0 Å². The lowest BCUT2D eigenvalue weighted by Crippen LogP contribution is -2.44. The molecule has 2 heterocycles. The van der Waals surface area contributed by atoms with Gasteiger partial charge < -0.3 is 29.4 Å². The first-order valence-electron chi connectivity index (χ1n) is 11.8. The summed E-state index contributed by atoms with van der Waals surface area (Å²) >= 11 is 0. The van der Waals surface area contributed by atoms with E-state index in [1.54, 1.807) is 24.1 Å². The number of carbonyl (C=O) groups is 1. The summed E-state index contributed by atoms with van der Waals surface area (Å²) in [5.74, 6) is 1.30. The third-order valence-electron chi connectivity index (χ3n) is 5.99. The number of ether oxygens (including phenoxy) is 3. The van der Waals surface area contributed by atoms with Gasteiger partial charge in [0.1, 0.15) is 11.5 Å². The molecule has 9 heteroatoms. The maximum absolute atomic E-state index is 13.4. The zero-order chi connectivity index (χ0) is 24.6. The molecular weight excluding hydrogens is 448 g/mol. The summed E-state index contributed by atoms with van der Waals surface area (Å²) in [6.07, 6.45) is 0. The van der Waals surface area contributed by atoms with E-state index in [4.69, 9.17) is 14.2 Å². The van der Waals surface area contributed by atoms with E-state index in [0.29, 0.717) is 49.9 Å². The Morgan fingerprint density at radius 3 is 2.74 bits per heavy atom. The van der Waals surface area contributed by atoms with Crippen LogP contribution in [0.1, 0.15) is 12.5 Å². The minimum absolute atomic E-state index is 0.162. The molecule has 2 amide bonds. The van der Waals surface area contributed by atoms with Crippen LogP contribution in [-0.2, 0) is 11.3 Å². The fourth-order valence-electron chi connectivity index (χ4n) is 4.09. The lowest BCUT2D eigenvalue weighted by Gasteiger charge is -2.30. The first-order chi connectivity index (χ1) is 17.1. The summed E-state index contributed by atoms with van der Waals surface area (Å²) in [7, 11) is 1.56. The Balaban J connectivity index is 1.58. The van der Waals surface area contributed by atoms with E-state index in [1.807, 2.05) is 43.3 Å². The molecule has 0 aliphatic carbocycles. The van der Waals surface area contributed by atoms with Crippen LogP contribution in [0.4, 0.5) is 10.5 Å². The second kappa shape index (κ2) is 11.7. The number of nitrogens with zero attached hydrogens (tertiary/aromatic N) is 2. The summed E-state index contributed by atoms with van der Waals surface area (Å²) in [5, 5.41) is 3.79. The zero-order valence-corrected chi connectivity index (χ0v) is 20.2. The zero-order valence-electron chi connectivity index (χ0n) is 20.2. The summed E-state index contributed by atoms with van der Waals surface area (Å²) in [6, 6.07) is 14.3. The Labute approximate surface area is 204 Å². The van der Waals surface area contributed by atoms with Crippen LogP contribution in [-0.4, -0.2) is 73.9 Å². The van der Waals surface area contributed by atoms with Crippen molar-refractivity contribution in [2.75, 3.05) is 58.4 Å². The highest BCUT2D eigenvalue weighted by molar-refractivity contribution is 5.91. The molecule has 9 nitrogen and oxygen atoms in total. The molecule has 0 radical (unpaired) electrons. The third-order valence-corrected chi connectivity index (χ3v) is 5.99. The minimum Gasteiger partial charge on any atom is -0.495 e. The van der Waals surface area contributed by atoms with Crippen LogP contribution in [0.5, 0.6) is 11.5 Å². The number of H-pyrrole nitrogens is 1. The van der Waals surface area contributed by atoms with Crippen molar-refractivity contribution < 1.29 is 19.0 Å². The lowest BCUT2D eigenvalue weighted by atomic mass is 10.1. The maximum Gasteiger partial charge on any atom is 0.322 e. The first kappa shape index (κ1) is 24.6. The van der Waals surface area contributed by atoms with Gasteiger partial charge in [-0.3, -0.25) is 9.69 Å². The third kappa shape index (κ3) is 6.32. The number of amides is 2. The Bertz CT molecular complexity index is 1210. The monoisotopic (exact) mass is 480 g/mol. The lowest BCUT2D eigenvalue weighted by molar-refractivity contribution is 0.0349. The van der Waals surface area contributed by atoms with Crippen LogP contribution in [0.3, 0.4) is 0 Å². The molecule has 0 spiro atoms. The number of anilines is 1. The molecule has 2 aromatic carbocycles. The van der Waals surface area contributed by atoms with E-state index in [2.05, 4.69) is 15.2 Å². The number of fused-ring (bicyclic) bond motifs is 1. The smallest absolute Gasteiger partial charge is 0.322 e. The maximum atomic E-state index is 13.4. The summed E-state index contributed by atoms with van der Waals surface area (Å²) in [4.78, 5) is 33.1. The quantitative estimate of drug-likeness (QED) is 0.488. The number of benzene rings is 2. The van der Waals surface area contributed by atoms with E-state index in [-0.39, 0.29) is 18.1 Å². The molecule has 0 unspecified atom stereocenters. The fraction of sp³-hybridized carbons (Fsp3) is 0.385. The Morgan fingerprint density at radius 1 is 1.17 bits per heavy atom. The average molecular weight is 481 g/mol. The number of hydrogen-bond donors (Lipinski definition) is 2. The second-order valence-corrected chi connectivity index (χ2v) is 8.31. The van der Waals surface area contributed by atoms with Crippen LogP contribution >= 0.6 is 0 Å². The molecule has 0 bridgehead atoms. The number of rotatable bonds is 9. The molecule has 0 saturated carbocycles. The van der Waals surface area contributed by atoms with Crippen molar-refractivity contribution in [3.63, 3.8) is 0 Å². The van der Waals surface area contributed by atoms with Gasteiger partial charge in [-0.2, -0.15) is 0 Å². The van der Waals surface area contributed by atoms with Gasteiger partial charge in [0.05, 0.1) is 39.2 Å². The van der Waals surface area contributed by atoms with Gasteiger partial charge in [-0.15, -0.1) is 0 Å². The molecule has 35 heavy (non-hydrogen) atoms. The molecule has 0 atom stereocenters. The molecule has 2 N–H and O–H groups in total. The molecule has 1 aliphatic heterocycles. The van der Waals surface area contributed by atoms with E-state index in [0.717, 1.165) is 29.7 Å². The predicted octanol–water partition coefficient (Wildman–Crippen LogP) is 3.30. The molecule has 1 fully saturated rings. The van der Waals surface area contributed by atoms with Gasteiger partial charge in [-0.25, -0.2) is 4.79 Å². The van der Waals surface area contributed by atoms with Crippen molar-refractivity contribution in [1.82, 2.24) is 14.8 Å². The number of aromatic amines is 1. The van der Waals surface area contributed by atoms with Crippen molar-refractivity contribution in [3.8, 4) is 11.5 Å². The topological polar surface area (TPSA) is 96.1 Å². The number of para-hydroxylation sites is 2. The molecule has 1 saturated heterocycles. The highest BCUT2D eigenvalue weighted by atomic mass is 16.5. The number of nitrogens with one attached hydrogen (secondary N) is 2. The van der Waals surface area contributed by atoms with Crippen LogP contribution < -0.4 is 20.3 Å². The summed E-state index contributed by atoms with van der Waals surface area (Å²) in [5.41, 5.74) is 1.58. The molecule has 186 valence electrons. The Morgan fingerprint density at radius 2 is 1.97 bits per heavy atom. The first-order valence-corrected chi connectivity index (χ1v) is 11.8. The van der Waals surface area contributed by atoms with E-state index in [9.17, 15) is 9.59 Å². The Kier molecular flexibility index (Phi) is 8.23. The molecular formula is C26H32N4O5. The van der Waals surface area contributed by atoms with Crippen LogP contribution in [0, 0.1) is 0 Å². The molecule has 4 rings (SSSR count). The van der Waals surface area contributed by atoms with Gasteiger partial charge in [-0.05, 0) is 43.3 Å². The van der Waals surface area contributed by atoms with Gasteiger partial charge in [-0.1, -0.05) is 12.1 Å². The van der Waals surface area contributed by atoms with Gasteiger partial charge in [0, 0.05) is 42.6 Å². The number of aromatic nitrogens is 1. The van der Waals surface area contributed by atoms with E-state index >= 15 is 0 Å². The number of carbonyl (C=O) groups excluding carboxylic acids is 1. The second-order valence-electron chi connectivity index (χ2n) is 8.31. The predicted molar refractivity (Wildman–Crippen MR) is 135 cm³/mol. The number of morpholine rings is 1. The Hall–Kier alpha value is -3.56. The summed E-state index contributed by atoms with van der Waals surface area (Å²) < 4.78 is 16.4. The number of methoxy groups -OCH3 is 1. The standard InChI is InChI=1S/C26H32N4O5/c1-3-35-21-8-9-22-19(17-21)16-20(25(31)27-22)18-30(11-10-29-12-14-34-15-13-29)26(32)28-23-6-4-5-7-24(23)33-2/h4-9,16-17H,3,10-15,18H2,1-2H3,(H,27,31)(H,28,32). The number of hydrogen-bond acceptors (Lipinski definition) is 6. The van der Waals surface area contributed by atoms with Crippen molar-refractivity contribution in [1.29, 1.82) is 0 Å². The van der Waals surface area contributed by atoms with Gasteiger partial charge >= 0.3 is 6.03 Å². The van der Waals surface area contributed by atoms with Crippen LogP contribution in [0.2, 0.25) is 0 Å². The van der Waals surface area contributed by atoms with Crippen LogP contribution in [0.25, 0.3) is 10.9 Å². The highest BCUT2D eigenvalue weighted by Gasteiger charge is 2.20. The normalized spacial score (nSPS) is 14.0. The van der Waals surface area contributed by atoms with Crippen molar-refractivity contribution in [2.24, 2.45) is 0 Å². The minimum atomic E-state index is -0.301. The SMILES string of the molecule is CCOc1ccc2[nH]c(=O)c(CN(CCN3CCOCC3)C(=O)Nc3ccccc3OC)cc2c1. The van der Waals surface area contributed by atoms with Crippen LogP contribution in [0.15, 0.2) is 53.3 Å². The van der Waals surface area contributed by atoms with Crippen molar-refractivity contribution in [2.45, 2.75) is 13.5 Å². The fourth-order valence-corrected chi connectivity index (χ4v) is 4.09. The largest absolute Gasteiger partial charge is 0.495 e. The van der Waals surface area contributed by atoms with Crippen molar-refractivity contribution in [3.05, 3.63) is 64.4 Å². The molecule has 3 aromatic rings. The van der Waals surface area contributed by atoms with Gasteiger partial charge in [0.25, 0.3) is 5.56 Å². The van der Waals surface area contributed by atoms with E-state index in [1.165, 1.54) is 0 Å². The average Bonchev–Trinajstić information content (AvgIpc) is 2.88. The number of urea groups is 1. The van der Waals surface area contributed by atoms with Crippen molar-refractivity contribution >= 4 is 22.6 Å². The van der Waals surface area contributed by atoms with E-state index < -0.39 is 0 Å². The highest BCUT2D eigenvalue weighted by Crippen LogP contribution is 2.24. The van der Waals surface area contributed by atoms with Gasteiger partial charge in [0.2, 0.25) is 0 Å². The molecule has 1 aliphatic rings. The molecule has 1 aromatic heterocycles.